The van der Waals surface area contributed by atoms with Crippen molar-refractivity contribution in [2.75, 3.05) is 11.3 Å². The number of amides is 3. The van der Waals surface area contributed by atoms with Gasteiger partial charge in [-0.25, -0.2) is 18.0 Å². The van der Waals surface area contributed by atoms with Gasteiger partial charge < -0.3 is 14.5 Å². The van der Waals surface area contributed by atoms with Crippen LogP contribution in [0.5, 0.6) is 0 Å². The third kappa shape index (κ3) is 7.98. The minimum atomic E-state index is -3.97. The predicted octanol–water partition coefficient (Wildman–Crippen LogP) is 3.61. The summed E-state index contributed by atoms with van der Waals surface area (Å²) in [4.78, 5) is 35.8. The second kappa shape index (κ2) is 12.5. The van der Waals surface area contributed by atoms with Crippen molar-refractivity contribution in [3.05, 3.63) is 83.8 Å². The highest BCUT2D eigenvalue weighted by atomic mass is 32.2. The number of hydrogen-bond donors (Lipinski definition) is 3. The molecule has 2 aromatic carbocycles. The van der Waals surface area contributed by atoms with Gasteiger partial charge in [0.1, 0.15) is 5.76 Å². The van der Waals surface area contributed by atoms with Crippen molar-refractivity contribution < 1.29 is 32.0 Å². The topological polar surface area (TPSA) is 144 Å². The quantitative estimate of drug-likeness (QED) is 0.332. The molecule has 190 valence electrons. The lowest BCUT2D eigenvalue weighted by atomic mass is 10.1. The zero-order valence-corrected chi connectivity index (χ0v) is 20.5. The fraction of sp³-hybridized carbons (Fsp3) is 0.240. The summed E-state index contributed by atoms with van der Waals surface area (Å²) in [5.74, 6) is -1.27. The highest BCUT2D eigenvalue weighted by Gasteiger charge is 2.18. The minimum absolute atomic E-state index is 0.0668. The van der Waals surface area contributed by atoms with Crippen LogP contribution >= 0.6 is 0 Å². The maximum absolute atomic E-state index is 12.8. The number of aryl methyl sites for hydroxylation is 1. The third-order valence-corrected chi connectivity index (χ3v) is 6.37. The number of anilines is 1. The smallest absolute Gasteiger partial charge is 0.338 e. The Hall–Kier alpha value is -4.12. The zero-order valence-electron chi connectivity index (χ0n) is 19.7. The van der Waals surface area contributed by atoms with Crippen LogP contribution in [-0.2, 0) is 32.5 Å². The first-order valence-corrected chi connectivity index (χ1v) is 12.7. The number of hydrogen-bond acceptors (Lipinski definition) is 7. The molecule has 36 heavy (non-hydrogen) atoms. The first kappa shape index (κ1) is 26.5. The minimum Gasteiger partial charge on any atom is -0.467 e. The molecule has 0 saturated carbocycles. The van der Waals surface area contributed by atoms with Crippen LogP contribution in [0, 0.1) is 0 Å². The molecule has 3 rings (SSSR count). The third-order valence-electron chi connectivity index (χ3n) is 5.00. The van der Waals surface area contributed by atoms with Crippen LogP contribution in [0.15, 0.2) is 76.2 Å². The maximum atomic E-state index is 12.8. The van der Waals surface area contributed by atoms with E-state index in [4.69, 9.17) is 9.15 Å². The molecule has 0 saturated heterocycles. The van der Waals surface area contributed by atoms with E-state index in [1.807, 2.05) is 17.4 Å². The van der Waals surface area contributed by atoms with Crippen LogP contribution < -0.4 is 15.4 Å². The molecule has 0 fully saturated rings. The Morgan fingerprint density at radius 2 is 1.78 bits per heavy atom. The van der Waals surface area contributed by atoms with Crippen molar-refractivity contribution in [2.45, 2.75) is 37.6 Å². The monoisotopic (exact) mass is 513 g/mol. The van der Waals surface area contributed by atoms with E-state index >= 15 is 0 Å². The van der Waals surface area contributed by atoms with Gasteiger partial charge in [-0.2, -0.15) is 0 Å². The van der Waals surface area contributed by atoms with E-state index in [0.29, 0.717) is 11.4 Å². The Labute approximate surface area is 209 Å². The standard InChI is InChI=1S/C25H27N3O7S/c1-2-3-6-18-10-12-20(13-11-18)28-36(32,33)22-9-4-7-19(15-22)24(30)35-17-23(29)27-25(31)26-16-21-8-5-14-34-21/h4-5,7-15,28H,2-3,6,16-17H2,1H3,(H2,26,27,29,31). The molecule has 0 radical (unpaired) electrons. The van der Waals surface area contributed by atoms with Gasteiger partial charge in [0.05, 0.1) is 23.3 Å². The van der Waals surface area contributed by atoms with Crippen molar-refractivity contribution in [1.82, 2.24) is 10.6 Å². The molecule has 3 N–H and O–H groups in total. The van der Waals surface area contributed by atoms with Gasteiger partial charge in [-0.05, 0) is 60.9 Å². The number of furan rings is 1. The molecule has 10 nitrogen and oxygen atoms in total. The summed E-state index contributed by atoms with van der Waals surface area (Å²) in [7, 11) is -3.97. The van der Waals surface area contributed by atoms with E-state index in [2.05, 4.69) is 17.0 Å². The molecule has 1 heterocycles. The molecule has 0 atom stereocenters. The average molecular weight is 514 g/mol. The van der Waals surface area contributed by atoms with Crippen LogP contribution in [0.25, 0.3) is 0 Å². The number of unbranched alkanes of at least 4 members (excludes halogenated alkanes) is 1. The van der Waals surface area contributed by atoms with Crippen molar-refractivity contribution in [3.8, 4) is 0 Å². The summed E-state index contributed by atoms with van der Waals surface area (Å²) in [6.07, 6.45) is 4.48. The maximum Gasteiger partial charge on any atom is 0.338 e. The fourth-order valence-electron chi connectivity index (χ4n) is 3.13. The highest BCUT2D eigenvalue weighted by Crippen LogP contribution is 2.19. The van der Waals surface area contributed by atoms with Gasteiger partial charge in [0.15, 0.2) is 6.61 Å². The molecule has 3 amide bonds. The Morgan fingerprint density at radius 1 is 1.00 bits per heavy atom. The number of ether oxygens (including phenoxy) is 1. The summed E-state index contributed by atoms with van der Waals surface area (Å²) < 4.78 is 38.0. The fourth-order valence-corrected chi connectivity index (χ4v) is 4.23. The first-order chi connectivity index (χ1) is 17.3. The van der Waals surface area contributed by atoms with Crippen LogP contribution in [0.4, 0.5) is 10.5 Å². The molecule has 0 spiro atoms. The summed E-state index contributed by atoms with van der Waals surface area (Å²) >= 11 is 0. The molecule has 0 aliphatic heterocycles. The van der Waals surface area contributed by atoms with Crippen molar-refractivity contribution in [3.63, 3.8) is 0 Å². The molecule has 3 aromatic rings. The van der Waals surface area contributed by atoms with Gasteiger partial charge in [-0.1, -0.05) is 31.5 Å². The Morgan fingerprint density at radius 3 is 2.47 bits per heavy atom. The lowest BCUT2D eigenvalue weighted by molar-refractivity contribution is -0.123. The van der Waals surface area contributed by atoms with Crippen LogP contribution in [-0.4, -0.2) is 32.9 Å². The van der Waals surface area contributed by atoms with Gasteiger partial charge in [-0.15, -0.1) is 0 Å². The van der Waals surface area contributed by atoms with E-state index in [1.54, 1.807) is 24.3 Å². The number of rotatable bonds is 11. The van der Waals surface area contributed by atoms with Crippen molar-refractivity contribution >= 4 is 33.6 Å². The van der Waals surface area contributed by atoms with Crippen LogP contribution in [0.1, 0.15) is 41.4 Å². The molecule has 11 heteroatoms. The summed E-state index contributed by atoms with van der Waals surface area (Å²) in [6.45, 7) is 1.45. The Bertz CT molecular complexity index is 1290. The normalized spacial score (nSPS) is 10.9. The zero-order chi connectivity index (χ0) is 26.0. The van der Waals surface area contributed by atoms with Gasteiger partial charge >= 0.3 is 12.0 Å². The second-order valence-corrected chi connectivity index (χ2v) is 9.50. The first-order valence-electron chi connectivity index (χ1n) is 11.3. The van der Waals surface area contributed by atoms with E-state index in [9.17, 15) is 22.8 Å². The van der Waals surface area contributed by atoms with Gasteiger partial charge in [0, 0.05) is 5.69 Å². The number of benzene rings is 2. The molecule has 1 aromatic heterocycles. The number of urea groups is 1. The predicted molar refractivity (Wildman–Crippen MR) is 132 cm³/mol. The molecule has 0 aliphatic rings. The van der Waals surface area contributed by atoms with Gasteiger partial charge in [-0.3, -0.25) is 14.8 Å². The molecule has 0 bridgehead atoms. The van der Waals surface area contributed by atoms with Gasteiger partial charge in [0.2, 0.25) is 0 Å². The molecule has 0 unspecified atom stereocenters. The molecular weight excluding hydrogens is 486 g/mol. The SMILES string of the molecule is CCCCc1ccc(NS(=O)(=O)c2cccc(C(=O)OCC(=O)NC(=O)NCc3ccco3)c2)cc1. The van der Waals surface area contributed by atoms with Crippen molar-refractivity contribution in [2.24, 2.45) is 0 Å². The number of carbonyl (C=O) groups excluding carboxylic acids is 3. The summed E-state index contributed by atoms with van der Waals surface area (Å²) in [5, 5.41) is 4.43. The number of imide groups is 1. The number of nitrogens with one attached hydrogen (secondary N) is 3. The number of carbonyl (C=O) groups is 3. The van der Waals surface area contributed by atoms with E-state index in [1.165, 1.54) is 24.5 Å². The number of sulfonamides is 1. The van der Waals surface area contributed by atoms with E-state index in [-0.39, 0.29) is 17.0 Å². The molecule has 0 aliphatic carbocycles. The highest BCUT2D eigenvalue weighted by molar-refractivity contribution is 7.92. The molecular formula is C25H27N3O7S. The number of esters is 1. The van der Waals surface area contributed by atoms with E-state index in [0.717, 1.165) is 30.9 Å². The van der Waals surface area contributed by atoms with E-state index < -0.39 is 34.5 Å². The Kier molecular flexibility index (Phi) is 9.23. The summed E-state index contributed by atoms with van der Waals surface area (Å²) in [5.41, 5.74) is 1.44. The van der Waals surface area contributed by atoms with Crippen LogP contribution in [0.3, 0.4) is 0 Å². The largest absolute Gasteiger partial charge is 0.467 e. The lowest BCUT2D eigenvalue weighted by Crippen LogP contribution is -2.41. The van der Waals surface area contributed by atoms with Crippen molar-refractivity contribution in [1.29, 1.82) is 0 Å². The second-order valence-electron chi connectivity index (χ2n) is 7.82. The Balaban J connectivity index is 1.53. The lowest BCUT2D eigenvalue weighted by Gasteiger charge is -2.10. The summed E-state index contributed by atoms with van der Waals surface area (Å²) in [6, 6.07) is 14.9. The average Bonchev–Trinajstić information content (AvgIpc) is 3.39. The van der Waals surface area contributed by atoms with Gasteiger partial charge in [0.25, 0.3) is 15.9 Å². The van der Waals surface area contributed by atoms with Crippen LogP contribution in [0.2, 0.25) is 0 Å².